The number of likely N-dealkylation sites (N-methyl/N-ethyl adjacent to an activating group) is 1. The zero-order valence-corrected chi connectivity index (χ0v) is 14.9. The van der Waals surface area contributed by atoms with Crippen LogP contribution in [-0.2, 0) is 15.7 Å². The second kappa shape index (κ2) is 4.52. The zero-order valence-electron chi connectivity index (χ0n) is 14.0. The van der Waals surface area contributed by atoms with E-state index in [2.05, 4.69) is 59.2 Å². The molecule has 0 aromatic carbocycles. The maximum atomic E-state index is 6.30. The molecule has 1 aliphatic rings. The highest BCUT2D eigenvalue weighted by Crippen LogP contribution is 2.51. The first-order chi connectivity index (χ1) is 8.94. The molecule has 1 N–H and O–H groups in total. The number of hydrogen-bond donors (Lipinski definition) is 1. The van der Waals surface area contributed by atoms with Crippen molar-refractivity contribution in [2.45, 2.75) is 77.0 Å². The quantitative estimate of drug-likeness (QED) is 0.900. The lowest BCUT2D eigenvalue weighted by Gasteiger charge is -2.38. The molecule has 1 aliphatic heterocycles. The van der Waals surface area contributed by atoms with E-state index in [9.17, 15) is 0 Å². The maximum absolute atomic E-state index is 6.30. The molecule has 0 saturated carbocycles. The molecule has 0 spiro atoms. The number of ether oxygens (including phenoxy) is 1. The summed E-state index contributed by atoms with van der Waals surface area (Å²) in [5.74, 6) is 0. The van der Waals surface area contributed by atoms with Gasteiger partial charge < -0.3 is 10.1 Å². The minimum absolute atomic E-state index is 0.0861. The third kappa shape index (κ3) is 2.42. The highest BCUT2D eigenvalue weighted by molar-refractivity contribution is 7.09. The Hall–Kier alpha value is -0.450. The van der Waals surface area contributed by atoms with Crippen LogP contribution in [-0.4, -0.2) is 23.2 Å². The Morgan fingerprint density at radius 3 is 2.20 bits per heavy atom. The van der Waals surface area contributed by atoms with Gasteiger partial charge in [-0.25, -0.2) is 4.98 Å². The maximum Gasteiger partial charge on any atom is 0.116 e. The minimum atomic E-state index is -0.280. The first-order valence-electron chi connectivity index (χ1n) is 7.29. The van der Waals surface area contributed by atoms with E-state index < -0.39 is 0 Å². The average Bonchev–Trinajstić information content (AvgIpc) is 2.78. The molecule has 1 fully saturated rings. The monoisotopic (exact) mass is 296 g/mol. The Bertz CT molecular complexity index is 499. The van der Waals surface area contributed by atoms with Crippen LogP contribution < -0.4 is 5.32 Å². The van der Waals surface area contributed by atoms with Gasteiger partial charge in [0.15, 0.2) is 0 Å². The summed E-state index contributed by atoms with van der Waals surface area (Å²) in [4.78, 5) is 4.94. The van der Waals surface area contributed by atoms with E-state index in [-0.39, 0.29) is 22.2 Å². The Morgan fingerprint density at radius 2 is 1.85 bits per heavy atom. The van der Waals surface area contributed by atoms with E-state index in [1.165, 1.54) is 0 Å². The van der Waals surface area contributed by atoms with Gasteiger partial charge in [-0.3, -0.25) is 0 Å². The molecule has 1 unspecified atom stereocenters. The average molecular weight is 296 g/mol. The van der Waals surface area contributed by atoms with E-state index in [4.69, 9.17) is 9.72 Å². The fourth-order valence-corrected chi connectivity index (χ4v) is 4.71. The Kier molecular flexibility index (Phi) is 3.60. The number of aromatic nitrogens is 1. The van der Waals surface area contributed by atoms with Crippen LogP contribution in [0.2, 0.25) is 0 Å². The van der Waals surface area contributed by atoms with Gasteiger partial charge in [0.1, 0.15) is 10.5 Å². The SMILES string of the molecule is CNC1(c2nc(C(C)(C)C)cs2)CC(C)(C)OC1(C)C. The zero-order chi connectivity index (χ0) is 15.4. The molecule has 114 valence electrons. The molecule has 4 heteroatoms. The smallest absolute Gasteiger partial charge is 0.116 e. The number of thiazole rings is 1. The Morgan fingerprint density at radius 1 is 1.25 bits per heavy atom. The molecule has 2 heterocycles. The molecule has 20 heavy (non-hydrogen) atoms. The van der Waals surface area contributed by atoms with Gasteiger partial charge in [-0.2, -0.15) is 0 Å². The first-order valence-corrected chi connectivity index (χ1v) is 8.17. The van der Waals surface area contributed by atoms with E-state index >= 15 is 0 Å². The van der Waals surface area contributed by atoms with Gasteiger partial charge in [0, 0.05) is 17.2 Å². The summed E-state index contributed by atoms with van der Waals surface area (Å²) in [6.07, 6.45) is 0.931. The van der Waals surface area contributed by atoms with E-state index in [0.717, 1.165) is 17.1 Å². The van der Waals surface area contributed by atoms with Crippen molar-refractivity contribution in [1.82, 2.24) is 10.3 Å². The van der Waals surface area contributed by atoms with Crippen LogP contribution in [0.1, 0.15) is 65.6 Å². The lowest BCUT2D eigenvalue weighted by atomic mass is 9.79. The predicted molar refractivity (Wildman–Crippen MR) is 85.4 cm³/mol. The van der Waals surface area contributed by atoms with E-state index in [0.29, 0.717) is 0 Å². The van der Waals surface area contributed by atoms with Gasteiger partial charge in [-0.05, 0) is 34.7 Å². The highest BCUT2D eigenvalue weighted by Gasteiger charge is 2.59. The first kappa shape index (κ1) is 15.9. The van der Waals surface area contributed by atoms with Crippen LogP contribution in [0.3, 0.4) is 0 Å². The van der Waals surface area contributed by atoms with Crippen LogP contribution in [0.15, 0.2) is 5.38 Å². The van der Waals surface area contributed by atoms with Crippen molar-refractivity contribution in [2.24, 2.45) is 0 Å². The molecular weight excluding hydrogens is 268 g/mol. The van der Waals surface area contributed by atoms with Gasteiger partial charge in [0.2, 0.25) is 0 Å². The normalized spacial score (nSPS) is 28.8. The number of hydrogen-bond acceptors (Lipinski definition) is 4. The van der Waals surface area contributed by atoms with E-state index in [1.807, 2.05) is 7.05 Å². The molecule has 2 rings (SSSR count). The summed E-state index contributed by atoms with van der Waals surface area (Å²) in [5, 5.41) is 6.86. The van der Waals surface area contributed by atoms with Crippen molar-refractivity contribution in [3.8, 4) is 0 Å². The summed E-state index contributed by atoms with van der Waals surface area (Å²) in [5.41, 5.74) is 0.610. The summed E-state index contributed by atoms with van der Waals surface area (Å²) >= 11 is 1.75. The standard InChI is InChI=1S/C16H28N2OS/c1-13(2,3)11-9-20-12(18-11)16(17-8)10-14(4,5)19-15(16,6)7/h9,17H,10H2,1-8H3. The fourth-order valence-electron chi connectivity index (χ4n) is 3.31. The Balaban J connectivity index is 2.50. The van der Waals surface area contributed by atoms with Crippen molar-refractivity contribution >= 4 is 11.3 Å². The molecule has 1 aromatic rings. The number of rotatable bonds is 2. The highest BCUT2D eigenvalue weighted by atomic mass is 32.1. The molecule has 1 atom stereocenters. The molecular formula is C16H28N2OS. The van der Waals surface area contributed by atoms with Crippen LogP contribution in [0.4, 0.5) is 0 Å². The van der Waals surface area contributed by atoms with Crippen LogP contribution >= 0.6 is 11.3 Å². The van der Waals surface area contributed by atoms with Crippen molar-refractivity contribution in [2.75, 3.05) is 7.05 Å². The topological polar surface area (TPSA) is 34.2 Å². The van der Waals surface area contributed by atoms with Crippen molar-refractivity contribution in [3.63, 3.8) is 0 Å². The summed E-state index contributed by atoms with van der Waals surface area (Å²) in [6.45, 7) is 15.3. The molecule has 1 saturated heterocycles. The Labute approximate surface area is 127 Å². The third-order valence-corrected chi connectivity index (χ3v) is 5.32. The van der Waals surface area contributed by atoms with Gasteiger partial charge in [0.05, 0.1) is 16.9 Å². The predicted octanol–water partition coefficient (Wildman–Crippen LogP) is 3.83. The van der Waals surface area contributed by atoms with Crippen LogP contribution in [0.25, 0.3) is 0 Å². The summed E-state index contributed by atoms with van der Waals surface area (Å²) in [6, 6.07) is 0. The third-order valence-electron chi connectivity index (χ3n) is 4.31. The molecule has 0 aliphatic carbocycles. The lowest BCUT2D eigenvalue weighted by Crippen LogP contribution is -2.53. The second-order valence-corrected chi connectivity index (χ2v) is 8.85. The minimum Gasteiger partial charge on any atom is -0.367 e. The molecule has 0 bridgehead atoms. The van der Waals surface area contributed by atoms with Gasteiger partial charge in [-0.15, -0.1) is 11.3 Å². The van der Waals surface area contributed by atoms with Crippen molar-refractivity contribution < 1.29 is 4.74 Å². The molecule has 0 amide bonds. The van der Waals surface area contributed by atoms with Crippen LogP contribution in [0, 0.1) is 0 Å². The van der Waals surface area contributed by atoms with Crippen molar-refractivity contribution in [3.05, 3.63) is 16.1 Å². The molecule has 1 aromatic heterocycles. The largest absolute Gasteiger partial charge is 0.367 e. The fraction of sp³-hybridized carbons (Fsp3) is 0.812. The molecule has 0 radical (unpaired) electrons. The van der Waals surface area contributed by atoms with Crippen LogP contribution in [0.5, 0.6) is 0 Å². The summed E-state index contributed by atoms with van der Waals surface area (Å²) < 4.78 is 6.30. The van der Waals surface area contributed by atoms with Gasteiger partial charge in [0.25, 0.3) is 0 Å². The number of nitrogens with zero attached hydrogens (tertiary/aromatic N) is 1. The molecule has 3 nitrogen and oxygen atoms in total. The lowest BCUT2D eigenvalue weighted by molar-refractivity contribution is -0.0835. The second-order valence-electron chi connectivity index (χ2n) is 7.99. The van der Waals surface area contributed by atoms with E-state index in [1.54, 1.807) is 11.3 Å². The number of nitrogens with one attached hydrogen (secondary N) is 1. The van der Waals surface area contributed by atoms with Crippen molar-refractivity contribution in [1.29, 1.82) is 0 Å². The van der Waals surface area contributed by atoms with Gasteiger partial charge in [-0.1, -0.05) is 20.8 Å². The van der Waals surface area contributed by atoms with Gasteiger partial charge >= 0.3 is 0 Å². The summed E-state index contributed by atoms with van der Waals surface area (Å²) in [7, 11) is 2.02.